The van der Waals surface area contributed by atoms with Crippen molar-refractivity contribution in [3.8, 4) is 0 Å². The molecule has 1 atom stereocenters. The van der Waals surface area contributed by atoms with E-state index in [0.29, 0.717) is 5.92 Å². The van der Waals surface area contributed by atoms with Crippen molar-refractivity contribution in [3.05, 3.63) is 0 Å². The number of carboxylic acids is 1. The first-order valence-corrected chi connectivity index (χ1v) is 6.13. The van der Waals surface area contributed by atoms with Gasteiger partial charge in [-0.25, -0.2) is 0 Å². The maximum absolute atomic E-state index is 10.2. The van der Waals surface area contributed by atoms with Gasteiger partial charge in [-0.05, 0) is 18.1 Å². The van der Waals surface area contributed by atoms with Crippen LogP contribution < -0.4 is 5.11 Å². The number of aliphatic carboxylic acids is 1. The van der Waals surface area contributed by atoms with Crippen LogP contribution in [0.4, 0.5) is 0 Å². The van der Waals surface area contributed by atoms with Crippen molar-refractivity contribution >= 4 is 17.7 Å². The molecule has 0 aromatic heterocycles. The van der Waals surface area contributed by atoms with Crippen molar-refractivity contribution in [2.24, 2.45) is 5.92 Å². The Labute approximate surface area is 85.1 Å². The van der Waals surface area contributed by atoms with E-state index in [1.54, 1.807) is 0 Å². The highest BCUT2D eigenvalue weighted by Crippen LogP contribution is 2.17. The van der Waals surface area contributed by atoms with Gasteiger partial charge in [-0.15, -0.1) is 0 Å². The van der Waals surface area contributed by atoms with Gasteiger partial charge in [0.25, 0.3) is 0 Å². The van der Waals surface area contributed by atoms with E-state index >= 15 is 0 Å². The van der Waals surface area contributed by atoms with E-state index in [1.807, 2.05) is 0 Å². The standard InChI is InChI=1S/C10H20O2S/c1-3-5-6-9(4-2)7-13-8-10(11)12/h9H,3-8H2,1-2H3,(H,11,12)/p-1. The predicted octanol–water partition coefficient (Wildman–Crippen LogP) is 1.69. The van der Waals surface area contributed by atoms with Crippen LogP contribution in [0.25, 0.3) is 0 Å². The highest BCUT2D eigenvalue weighted by Gasteiger charge is 2.05. The number of unbranched alkanes of at least 4 members (excludes halogenated alkanes) is 1. The Kier molecular flexibility index (Phi) is 8.30. The maximum atomic E-state index is 10.2. The summed E-state index contributed by atoms with van der Waals surface area (Å²) in [6.07, 6.45) is 4.86. The lowest BCUT2D eigenvalue weighted by atomic mass is 10.0. The van der Waals surface area contributed by atoms with Crippen molar-refractivity contribution in [2.75, 3.05) is 11.5 Å². The Hall–Kier alpha value is -0.180. The van der Waals surface area contributed by atoms with Crippen molar-refractivity contribution in [2.45, 2.75) is 39.5 Å². The minimum Gasteiger partial charge on any atom is -0.549 e. The minimum atomic E-state index is -0.949. The van der Waals surface area contributed by atoms with Gasteiger partial charge in [0.15, 0.2) is 0 Å². The van der Waals surface area contributed by atoms with E-state index in [1.165, 1.54) is 31.0 Å². The average Bonchev–Trinajstić information content (AvgIpc) is 2.10. The molecule has 0 rings (SSSR count). The van der Waals surface area contributed by atoms with Crippen LogP contribution in [-0.2, 0) is 4.79 Å². The normalized spacial score (nSPS) is 12.8. The Bertz CT molecular complexity index is 137. The molecule has 0 bridgehead atoms. The molecule has 0 aromatic rings. The predicted molar refractivity (Wildman–Crippen MR) is 55.6 cm³/mol. The van der Waals surface area contributed by atoms with E-state index in [4.69, 9.17) is 0 Å². The molecule has 0 aliphatic carbocycles. The monoisotopic (exact) mass is 203 g/mol. The van der Waals surface area contributed by atoms with Crippen LogP contribution in [0.3, 0.4) is 0 Å². The van der Waals surface area contributed by atoms with Gasteiger partial charge in [0, 0.05) is 5.75 Å². The minimum absolute atomic E-state index is 0.141. The van der Waals surface area contributed by atoms with Crippen molar-refractivity contribution in [1.82, 2.24) is 0 Å². The van der Waals surface area contributed by atoms with Crippen LogP contribution >= 0.6 is 11.8 Å². The molecule has 2 nitrogen and oxygen atoms in total. The molecular formula is C10H19O2S-. The number of carboxylic acid groups (broad SMARTS) is 1. The number of carbonyl (C=O) groups is 1. The van der Waals surface area contributed by atoms with Crippen LogP contribution in [-0.4, -0.2) is 17.5 Å². The molecule has 0 aliphatic rings. The molecule has 0 spiro atoms. The zero-order valence-corrected chi connectivity index (χ0v) is 9.36. The summed E-state index contributed by atoms with van der Waals surface area (Å²) in [5, 5.41) is 10.2. The van der Waals surface area contributed by atoms with E-state index in [9.17, 15) is 9.90 Å². The molecule has 13 heavy (non-hydrogen) atoms. The number of hydrogen-bond donors (Lipinski definition) is 0. The summed E-state index contributed by atoms with van der Waals surface area (Å²) in [7, 11) is 0. The fraction of sp³-hybridized carbons (Fsp3) is 0.900. The third-order valence-electron chi connectivity index (χ3n) is 2.12. The van der Waals surface area contributed by atoms with Gasteiger partial charge >= 0.3 is 0 Å². The van der Waals surface area contributed by atoms with Crippen LogP contribution in [0.15, 0.2) is 0 Å². The molecular weight excluding hydrogens is 184 g/mol. The molecule has 0 saturated heterocycles. The molecule has 0 saturated carbocycles. The molecule has 0 fully saturated rings. The lowest BCUT2D eigenvalue weighted by molar-refractivity contribution is -0.301. The summed E-state index contributed by atoms with van der Waals surface area (Å²) in [5.41, 5.74) is 0. The molecule has 0 amide bonds. The lowest BCUT2D eigenvalue weighted by Crippen LogP contribution is -2.24. The topological polar surface area (TPSA) is 40.1 Å². The molecule has 0 aromatic carbocycles. The van der Waals surface area contributed by atoms with Gasteiger partial charge in [0.2, 0.25) is 0 Å². The maximum Gasteiger partial charge on any atom is 0.0513 e. The Morgan fingerprint density at radius 1 is 1.46 bits per heavy atom. The molecule has 0 aliphatic heterocycles. The van der Waals surface area contributed by atoms with Crippen LogP contribution in [0.5, 0.6) is 0 Å². The second kappa shape index (κ2) is 8.42. The van der Waals surface area contributed by atoms with Gasteiger partial charge in [-0.3, -0.25) is 0 Å². The van der Waals surface area contributed by atoms with E-state index in [2.05, 4.69) is 13.8 Å². The summed E-state index contributed by atoms with van der Waals surface area (Å²) in [4.78, 5) is 10.2. The lowest BCUT2D eigenvalue weighted by Gasteiger charge is -2.13. The number of carbonyl (C=O) groups excluding carboxylic acids is 1. The van der Waals surface area contributed by atoms with E-state index in [0.717, 1.165) is 12.2 Å². The van der Waals surface area contributed by atoms with Gasteiger partial charge in [0.05, 0.1) is 5.97 Å². The molecule has 0 N–H and O–H groups in total. The largest absolute Gasteiger partial charge is 0.549 e. The summed E-state index contributed by atoms with van der Waals surface area (Å²) >= 11 is 1.48. The smallest absolute Gasteiger partial charge is 0.0513 e. The highest BCUT2D eigenvalue weighted by atomic mass is 32.2. The second-order valence-corrected chi connectivity index (χ2v) is 4.33. The molecule has 0 radical (unpaired) electrons. The number of rotatable bonds is 8. The molecule has 0 heterocycles. The zero-order valence-electron chi connectivity index (χ0n) is 8.54. The van der Waals surface area contributed by atoms with E-state index in [-0.39, 0.29) is 5.75 Å². The van der Waals surface area contributed by atoms with Crippen molar-refractivity contribution < 1.29 is 9.90 Å². The summed E-state index contributed by atoms with van der Waals surface area (Å²) in [6.45, 7) is 4.35. The van der Waals surface area contributed by atoms with Crippen molar-refractivity contribution in [3.63, 3.8) is 0 Å². The first-order valence-electron chi connectivity index (χ1n) is 4.98. The van der Waals surface area contributed by atoms with Gasteiger partial charge in [-0.1, -0.05) is 33.1 Å². The van der Waals surface area contributed by atoms with Gasteiger partial charge < -0.3 is 9.90 Å². The Balaban J connectivity index is 3.41. The van der Waals surface area contributed by atoms with Gasteiger partial charge in [0.1, 0.15) is 0 Å². The number of thioether (sulfide) groups is 1. The second-order valence-electron chi connectivity index (χ2n) is 3.30. The molecule has 78 valence electrons. The van der Waals surface area contributed by atoms with Gasteiger partial charge in [-0.2, -0.15) is 11.8 Å². The third-order valence-corrected chi connectivity index (χ3v) is 3.26. The number of hydrogen-bond acceptors (Lipinski definition) is 3. The molecule has 3 heteroatoms. The van der Waals surface area contributed by atoms with Crippen LogP contribution in [0, 0.1) is 5.92 Å². The summed E-state index contributed by atoms with van der Waals surface area (Å²) in [5.74, 6) is 0.840. The average molecular weight is 203 g/mol. The van der Waals surface area contributed by atoms with E-state index < -0.39 is 5.97 Å². The summed E-state index contributed by atoms with van der Waals surface area (Å²) in [6, 6.07) is 0. The Morgan fingerprint density at radius 3 is 2.62 bits per heavy atom. The molecule has 1 unspecified atom stereocenters. The first kappa shape index (κ1) is 12.8. The quantitative estimate of drug-likeness (QED) is 0.602. The van der Waals surface area contributed by atoms with Crippen LogP contribution in [0.2, 0.25) is 0 Å². The first-order chi connectivity index (χ1) is 6.20. The SMILES string of the molecule is CCCCC(CC)CSCC(=O)[O-]. The fourth-order valence-corrected chi connectivity index (χ4v) is 2.23. The summed E-state index contributed by atoms with van der Waals surface area (Å²) < 4.78 is 0. The van der Waals surface area contributed by atoms with Crippen molar-refractivity contribution in [1.29, 1.82) is 0 Å². The highest BCUT2D eigenvalue weighted by molar-refractivity contribution is 7.99. The third kappa shape index (κ3) is 8.16. The van der Waals surface area contributed by atoms with Crippen LogP contribution in [0.1, 0.15) is 39.5 Å². The Morgan fingerprint density at radius 2 is 2.15 bits per heavy atom. The fourth-order valence-electron chi connectivity index (χ4n) is 1.21. The zero-order chi connectivity index (χ0) is 10.1.